The molecule has 2 aromatic rings. The van der Waals surface area contributed by atoms with Gasteiger partial charge < -0.3 is 0 Å². The lowest BCUT2D eigenvalue weighted by atomic mass is 9.89. The van der Waals surface area contributed by atoms with Crippen LogP contribution < -0.4 is 0 Å². The van der Waals surface area contributed by atoms with Crippen LogP contribution in [0.15, 0.2) is 54.6 Å². The van der Waals surface area contributed by atoms with Crippen molar-refractivity contribution in [1.29, 1.82) is 5.26 Å². The van der Waals surface area contributed by atoms with Crippen LogP contribution in [0.2, 0.25) is 5.02 Å². The van der Waals surface area contributed by atoms with Crippen LogP contribution in [-0.2, 0) is 0 Å². The molecule has 1 unspecified atom stereocenters. The molecule has 0 aliphatic heterocycles. The Kier molecular flexibility index (Phi) is 4.92. The summed E-state index contributed by atoms with van der Waals surface area (Å²) in [5, 5.41) is 9.60. The predicted octanol–water partition coefficient (Wildman–Crippen LogP) is 4.61. The second-order valence-electron chi connectivity index (χ2n) is 4.60. The van der Waals surface area contributed by atoms with Crippen molar-refractivity contribution in [3.05, 3.63) is 70.7 Å². The number of nitriles is 1. The molecular weight excluding hydrogens is 270 g/mol. The molecule has 1 atom stereocenters. The number of benzene rings is 2. The highest BCUT2D eigenvalue weighted by molar-refractivity contribution is 6.30. The van der Waals surface area contributed by atoms with E-state index in [-0.39, 0.29) is 11.7 Å². The first-order valence-corrected chi connectivity index (χ1v) is 6.79. The van der Waals surface area contributed by atoms with E-state index >= 15 is 0 Å². The van der Waals surface area contributed by atoms with Gasteiger partial charge in [0.05, 0.1) is 6.07 Å². The Morgan fingerprint density at radius 3 is 2.35 bits per heavy atom. The predicted molar refractivity (Wildman–Crippen MR) is 79.8 cm³/mol. The zero-order valence-corrected chi connectivity index (χ0v) is 11.7. The fourth-order valence-electron chi connectivity index (χ4n) is 2.12. The van der Waals surface area contributed by atoms with E-state index in [1.807, 2.05) is 30.3 Å². The maximum Gasteiger partial charge on any atom is 0.163 e. The minimum Gasteiger partial charge on any atom is -0.294 e. The Morgan fingerprint density at radius 2 is 1.75 bits per heavy atom. The summed E-state index contributed by atoms with van der Waals surface area (Å²) in [6.45, 7) is 0. The number of ketones is 1. The van der Waals surface area contributed by atoms with Crippen LogP contribution in [0.4, 0.5) is 0 Å². The number of halogens is 1. The largest absolute Gasteiger partial charge is 0.294 e. The van der Waals surface area contributed by atoms with Gasteiger partial charge in [-0.05, 0) is 17.7 Å². The molecule has 2 aromatic carbocycles. The number of carbonyl (C=O) groups excluding carboxylic acids is 1. The van der Waals surface area contributed by atoms with Gasteiger partial charge in [0.2, 0.25) is 0 Å². The molecule has 0 saturated carbocycles. The van der Waals surface area contributed by atoms with E-state index in [0.29, 0.717) is 23.4 Å². The molecule has 3 heteroatoms. The average Bonchev–Trinajstić information content (AvgIpc) is 2.48. The van der Waals surface area contributed by atoms with Gasteiger partial charge in [0.15, 0.2) is 5.78 Å². The molecule has 2 nitrogen and oxygen atoms in total. The van der Waals surface area contributed by atoms with E-state index < -0.39 is 0 Å². The van der Waals surface area contributed by atoms with Gasteiger partial charge in [-0.25, -0.2) is 0 Å². The third-order valence-electron chi connectivity index (χ3n) is 3.21. The first-order chi connectivity index (χ1) is 9.70. The Morgan fingerprint density at radius 1 is 1.10 bits per heavy atom. The first-order valence-electron chi connectivity index (χ1n) is 6.41. The molecule has 0 amide bonds. The molecule has 100 valence electrons. The van der Waals surface area contributed by atoms with Crippen molar-refractivity contribution >= 4 is 17.4 Å². The van der Waals surface area contributed by atoms with E-state index in [2.05, 4.69) is 6.07 Å². The van der Waals surface area contributed by atoms with Crippen molar-refractivity contribution in [3.8, 4) is 6.07 Å². The third kappa shape index (κ3) is 3.69. The average molecular weight is 284 g/mol. The zero-order chi connectivity index (χ0) is 14.4. The highest BCUT2D eigenvalue weighted by Crippen LogP contribution is 2.26. The molecule has 0 aliphatic carbocycles. The van der Waals surface area contributed by atoms with Gasteiger partial charge in [0, 0.05) is 29.3 Å². The quantitative estimate of drug-likeness (QED) is 0.752. The molecular formula is C17H14ClNO. The maximum atomic E-state index is 12.2. The van der Waals surface area contributed by atoms with Crippen LogP contribution in [0.3, 0.4) is 0 Å². The summed E-state index contributed by atoms with van der Waals surface area (Å²) in [6, 6.07) is 18.6. The van der Waals surface area contributed by atoms with Crippen molar-refractivity contribution in [3.63, 3.8) is 0 Å². The molecule has 0 radical (unpaired) electrons. The molecule has 0 saturated heterocycles. The van der Waals surface area contributed by atoms with E-state index in [4.69, 9.17) is 16.9 Å². The van der Waals surface area contributed by atoms with Gasteiger partial charge in [0.1, 0.15) is 0 Å². The van der Waals surface area contributed by atoms with Crippen LogP contribution in [0.5, 0.6) is 0 Å². The summed E-state index contributed by atoms with van der Waals surface area (Å²) in [4.78, 5) is 12.2. The van der Waals surface area contributed by atoms with Crippen LogP contribution >= 0.6 is 11.6 Å². The molecule has 0 fully saturated rings. The Hall–Kier alpha value is -2.11. The smallest absolute Gasteiger partial charge is 0.163 e. The number of hydrogen-bond donors (Lipinski definition) is 0. The van der Waals surface area contributed by atoms with Crippen LogP contribution in [0, 0.1) is 11.3 Å². The van der Waals surface area contributed by atoms with Gasteiger partial charge in [-0.3, -0.25) is 4.79 Å². The summed E-state index contributed by atoms with van der Waals surface area (Å²) in [5.41, 5.74) is 1.66. The van der Waals surface area contributed by atoms with Crippen LogP contribution in [0.25, 0.3) is 0 Å². The monoisotopic (exact) mass is 283 g/mol. The van der Waals surface area contributed by atoms with Crippen LogP contribution in [0.1, 0.15) is 34.7 Å². The summed E-state index contributed by atoms with van der Waals surface area (Å²) in [7, 11) is 0. The summed E-state index contributed by atoms with van der Waals surface area (Å²) in [6.07, 6.45) is 0.652. The molecule has 0 heterocycles. The van der Waals surface area contributed by atoms with E-state index in [1.165, 1.54) is 0 Å². The van der Waals surface area contributed by atoms with Gasteiger partial charge in [-0.1, -0.05) is 54.1 Å². The summed E-state index contributed by atoms with van der Waals surface area (Å²) < 4.78 is 0. The van der Waals surface area contributed by atoms with E-state index in [0.717, 1.165) is 5.56 Å². The fraction of sp³-hybridized carbons (Fsp3) is 0.176. The SMILES string of the molecule is N#CCC(CC(=O)c1ccccc1)c1ccc(Cl)cc1. The second-order valence-corrected chi connectivity index (χ2v) is 5.04. The lowest BCUT2D eigenvalue weighted by Crippen LogP contribution is -2.07. The third-order valence-corrected chi connectivity index (χ3v) is 3.46. The second kappa shape index (κ2) is 6.88. The highest BCUT2D eigenvalue weighted by Gasteiger charge is 2.17. The number of Topliss-reactive ketones (excluding diaryl/α,β-unsaturated/α-hetero) is 1. The highest BCUT2D eigenvalue weighted by atomic mass is 35.5. The lowest BCUT2D eigenvalue weighted by Gasteiger charge is -2.13. The Balaban J connectivity index is 2.16. The fourth-order valence-corrected chi connectivity index (χ4v) is 2.24. The molecule has 0 aromatic heterocycles. The minimum absolute atomic E-state index is 0.0563. The number of carbonyl (C=O) groups is 1. The van der Waals surface area contributed by atoms with Crippen molar-refractivity contribution < 1.29 is 4.79 Å². The lowest BCUT2D eigenvalue weighted by molar-refractivity contribution is 0.0974. The van der Waals surface area contributed by atoms with E-state index in [9.17, 15) is 4.79 Å². The number of nitrogens with zero attached hydrogens (tertiary/aromatic N) is 1. The van der Waals surface area contributed by atoms with Gasteiger partial charge in [-0.15, -0.1) is 0 Å². The number of hydrogen-bond acceptors (Lipinski definition) is 2. The maximum absolute atomic E-state index is 12.2. The Labute approximate surface area is 123 Å². The molecule has 2 rings (SSSR count). The number of rotatable bonds is 5. The topological polar surface area (TPSA) is 40.9 Å². The standard InChI is InChI=1S/C17H14ClNO/c18-16-8-6-13(7-9-16)15(10-11-19)12-17(20)14-4-2-1-3-5-14/h1-9,15H,10,12H2. The normalized spacial score (nSPS) is 11.6. The van der Waals surface area contributed by atoms with Crippen molar-refractivity contribution in [2.75, 3.05) is 0 Å². The molecule has 0 spiro atoms. The van der Waals surface area contributed by atoms with Gasteiger partial charge >= 0.3 is 0 Å². The molecule has 20 heavy (non-hydrogen) atoms. The molecule has 0 aliphatic rings. The van der Waals surface area contributed by atoms with Crippen molar-refractivity contribution in [2.45, 2.75) is 18.8 Å². The van der Waals surface area contributed by atoms with Gasteiger partial charge in [-0.2, -0.15) is 5.26 Å². The van der Waals surface area contributed by atoms with Gasteiger partial charge in [0.25, 0.3) is 0 Å². The summed E-state index contributed by atoms with van der Waals surface area (Å²) >= 11 is 5.86. The Bertz CT molecular complexity index is 614. The van der Waals surface area contributed by atoms with E-state index in [1.54, 1.807) is 24.3 Å². The molecule has 0 N–H and O–H groups in total. The summed E-state index contributed by atoms with van der Waals surface area (Å²) in [5.74, 6) is -0.0363. The first kappa shape index (κ1) is 14.3. The molecule has 0 bridgehead atoms. The van der Waals surface area contributed by atoms with Crippen molar-refractivity contribution in [1.82, 2.24) is 0 Å². The van der Waals surface area contributed by atoms with Crippen molar-refractivity contribution in [2.24, 2.45) is 0 Å². The van der Waals surface area contributed by atoms with Crippen LogP contribution in [-0.4, -0.2) is 5.78 Å². The minimum atomic E-state index is -0.0926. The zero-order valence-electron chi connectivity index (χ0n) is 10.9.